The highest BCUT2D eigenvalue weighted by Gasteiger charge is 2.16. The minimum Gasteiger partial charge on any atom is -0.346 e. The molecule has 4 rings (SSSR count). The van der Waals surface area contributed by atoms with E-state index in [0.29, 0.717) is 17.8 Å². The lowest BCUT2D eigenvalue weighted by molar-refractivity contribution is 0.0951. The average Bonchev–Trinajstić information content (AvgIpc) is 3.35. The smallest absolute Gasteiger partial charge is 0.271 e. The van der Waals surface area contributed by atoms with Gasteiger partial charge in [-0.2, -0.15) is 0 Å². The molecule has 2 aromatic carbocycles. The standard InChI is InChI=1S/C19H15N3O3S3/c23-19(20-12-17-21-15-7-1-2-8-16(15)27-17)13-5-3-6-14(11-13)22-28(24,25)18-9-4-10-26-18/h1-11,22H,12H2,(H,20,23). The number of fused-ring (bicyclic) bond motifs is 1. The molecule has 0 unspecified atom stereocenters. The molecule has 0 aliphatic rings. The molecule has 9 heteroatoms. The molecule has 2 heterocycles. The van der Waals surface area contributed by atoms with E-state index in [4.69, 9.17) is 0 Å². The third-order valence-corrected chi connectivity index (χ3v) is 7.69. The number of para-hydroxylation sites is 1. The second-order valence-corrected chi connectivity index (χ2v) is 9.85. The first-order valence-corrected chi connectivity index (χ1v) is 11.5. The van der Waals surface area contributed by atoms with Crippen LogP contribution in [0.25, 0.3) is 10.2 Å². The molecule has 28 heavy (non-hydrogen) atoms. The number of hydrogen-bond donors (Lipinski definition) is 2. The highest BCUT2D eigenvalue weighted by molar-refractivity contribution is 7.94. The molecule has 0 saturated carbocycles. The summed E-state index contributed by atoms with van der Waals surface area (Å²) in [7, 11) is -3.65. The SMILES string of the molecule is O=C(NCc1nc2ccccc2s1)c1cccc(NS(=O)(=O)c2cccs2)c1. The molecule has 2 N–H and O–H groups in total. The molecule has 0 bridgehead atoms. The first-order chi connectivity index (χ1) is 13.5. The van der Waals surface area contributed by atoms with Crippen molar-refractivity contribution >= 4 is 54.5 Å². The Hall–Kier alpha value is -2.75. The molecule has 0 atom stereocenters. The summed E-state index contributed by atoms with van der Waals surface area (Å²) in [5, 5.41) is 5.33. The minimum absolute atomic E-state index is 0.221. The van der Waals surface area contributed by atoms with Crippen molar-refractivity contribution in [3.05, 3.63) is 76.6 Å². The third kappa shape index (κ3) is 4.06. The van der Waals surface area contributed by atoms with E-state index >= 15 is 0 Å². The van der Waals surface area contributed by atoms with Crippen LogP contribution in [0.3, 0.4) is 0 Å². The van der Waals surface area contributed by atoms with Crippen LogP contribution in [0.2, 0.25) is 0 Å². The van der Waals surface area contributed by atoms with Gasteiger partial charge >= 0.3 is 0 Å². The zero-order valence-electron chi connectivity index (χ0n) is 14.5. The van der Waals surface area contributed by atoms with Gasteiger partial charge in [-0.3, -0.25) is 9.52 Å². The fraction of sp³-hybridized carbons (Fsp3) is 0.0526. The highest BCUT2D eigenvalue weighted by atomic mass is 32.2. The van der Waals surface area contributed by atoms with Crippen molar-refractivity contribution in [1.82, 2.24) is 10.3 Å². The fourth-order valence-electron chi connectivity index (χ4n) is 2.60. The Morgan fingerprint density at radius 2 is 1.89 bits per heavy atom. The van der Waals surface area contributed by atoms with Gasteiger partial charge in [-0.15, -0.1) is 22.7 Å². The summed E-state index contributed by atoms with van der Waals surface area (Å²) >= 11 is 2.66. The van der Waals surface area contributed by atoms with Crippen LogP contribution in [-0.2, 0) is 16.6 Å². The number of hydrogen-bond acceptors (Lipinski definition) is 6. The van der Waals surface area contributed by atoms with Crippen LogP contribution in [0.5, 0.6) is 0 Å². The fourth-order valence-corrected chi connectivity index (χ4v) is 5.55. The van der Waals surface area contributed by atoms with Gasteiger partial charge in [0.2, 0.25) is 0 Å². The number of benzene rings is 2. The molecular formula is C19H15N3O3S3. The molecule has 0 aliphatic carbocycles. The summed E-state index contributed by atoms with van der Waals surface area (Å²) in [6.45, 7) is 0.309. The van der Waals surface area contributed by atoms with Crippen LogP contribution < -0.4 is 10.0 Å². The monoisotopic (exact) mass is 429 g/mol. The average molecular weight is 430 g/mol. The molecule has 0 fully saturated rings. The van der Waals surface area contributed by atoms with E-state index in [1.807, 2.05) is 24.3 Å². The van der Waals surface area contributed by atoms with E-state index < -0.39 is 10.0 Å². The van der Waals surface area contributed by atoms with Gasteiger partial charge in [0.25, 0.3) is 15.9 Å². The molecule has 2 aromatic heterocycles. The maximum Gasteiger partial charge on any atom is 0.271 e. The number of amides is 1. The summed E-state index contributed by atoms with van der Waals surface area (Å²) in [6, 6.07) is 17.4. The van der Waals surface area contributed by atoms with Gasteiger partial charge < -0.3 is 5.32 Å². The number of anilines is 1. The topological polar surface area (TPSA) is 88.2 Å². The Balaban J connectivity index is 1.45. The number of carbonyl (C=O) groups is 1. The zero-order chi connectivity index (χ0) is 19.6. The maximum atomic E-state index is 12.5. The third-order valence-electron chi connectivity index (χ3n) is 3.88. The van der Waals surface area contributed by atoms with Crippen molar-refractivity contribution in [3.8, 4) is 0 Å². The Bertz CT molecular complexity index is 1200. The van der Waals surface area contributed by atoms with Crippen molar-refractivity contribution in [3.63, 3.8) is 0 Å². The Kier molecular flexibility index (Phi) is 5.12. The van der Waals surface area contributed by atoms with Gasteiger partial charge in [-0.25, -0.2) is 13.4 Å². The normalized spacial score (nSPS) is 11.4. The second-order valence-electron chi connectivity index (χ2n) is 5.88. The highest BCUT2D eigenvalue weighted by Crippen LogP contribution is 2.22. The van der Waals surface area contributed by atoms with Gasteiger partial charge in [0.15, 0.2) is 0 Å². The van der Waals surface area contributed by atoms with Gasteiger partial charge in [0.1, 0.15) is 9.22 Å². The summed E-state index contributed by atoms with van der Waals surface area (Å²) in [6.07, 6.45) is 0. The maximum absolute atomic E-state index is 12.5. The molecular weight excluding hydrogens is 414 g/mol. The Morgan fingerprint density at radius 1 is 1.04 bits per heavy atom. The molecule has 0 radical (unpaired) electrons. The number of nitrogens with one attached hydrogen (secondary N) is 2. The number of thiazole rings is 1. The first-order valence-electron chi connectivity index (χ1n) is 8.30. The number of aromatic nitrogens is 1. The molecule has 1 amide bonds. The lowest BCUT2D eigenvalue weighted by atomic mass is 10.2. The summed E-state index contributed by atoms with van der Waals surface area (Å²) in [5.74, 6) is -0.295. The van der Waals surface area contributed by atoms with Crippen molar-refractivity contribution in [2.24, 2.45) is 0 Å². The van der Waals surface area contributed by atoms with Crippen LogP contribution in [0.15, 0.2) is 70.3 Å². The van der Waals surface area contributed by atoms with E-state index in [2.05, 4.69) is 15.0 Å². The van der Waals surface area contributed by atoms with Gasteiger partial charge in [-0.05, 0) is 41.8 Å². The van der Waals surface area contributed by atoms with E-state index in [0.717, 1.165) is 26.6 Å². The summed E-state index contributed by atoms with van der Waals surface area (Å²) in [5.41, 5.74) is 1.61. The van der Waals surface area contributed by atoms with Crippen LogP contribution in [0.1, 0.15) is 15.4 Å². The Morgan fingerprint density at radius 3 is 2.68 bits per heavy atom. The van der Waals surface area contributed by atoms with E-state index in [9.17, 15) is 13.2 Å². The molecule has 142 valence electrons. The van der Waals surface area contributed by atoms with E-state index in [1.54, 1.807) is 29.6 Å². The van der Waals surface area contributed by atoms with Crippen LogP contribution in [0, 0.1) is 0 Å². The van der Waals surface area contributed by atoms with Crippen LogP contribution in [0.4, 0.5) is 5.69 Å². The number of carbonyl (C=O) groups excluding carboxylic acids is 1. The predicted molar refractivity (Wildman–Crippen MR) is 112 cm³/mol. The molecule has 4 aromatic rings. The first kappa shape index (κ1) is 18.6. The lowest BCUT2D eigenvalue weighted by Crippen LogP contribution is -2.23. The number of nitrogens with zero attached hydrogens (tertiary/aromatic N) is 1. The summed E-state index contributed by atoms with van der Waals surface area (Å²) in [4.78, 5) is 17.0. The zero-order valence-corrected chi connectivity index (χ0v) is 16.9. The van der Waals surface area contributed by atoms with Crippen LogP contribution >= 0.6 is 22.7 Å². The minimum atomic E-state index is -3.65. The lowest BCUT2D eigenvalue weighted by Gasteiger charge is -2.08. The van der Waals surface area contributed by atoms with E-state index in [-0.39, 0.29) is 10.1 Å². The molecule has 0 spiro atoms. The van der Waals surface area contributed by atoms with E-state index in [1.165, 1.54) is 23.5 Å². The largest absolute Gasteiger partial charge is 0.346 e. The molecule has 6 nitrogen and oxygen atoms in total. The van der Waals surface area contributed by atoms with Gasteiger partial charge in [0.05, 0.1) is 16.8 Å². The predicted octanol–water partition coefficient (Wildman–Crippen LogP) is 4.09. The van der Waals surface area contributed by atoms with Crippen molar-refractivity contribution in [1.29, 1.82) is 0 Å². The van der Waals surface area contributed by atoms with Crippen molar-refractivity contribution < 1.29 is 13.2 Å². The summed E-state index contributed by atoms with van der Waals surface area (Å²) < 4.78 is 28.5. The molecule has 0 saturated heterocycles. The van der Waals surface area contributed by atoms with Crippen molar-refractivity contribution in [2.45, 2.75) is 10.8 Å². The number of thiophene rings is 1. The number of rotatable bonds is 6. The molecule has 0 aliphatic heterocycles. The second kappa shape index (κ2) is 7.70. The van der Waals surface area contributed by atoms with Crippen LogP contribution in [-0.4, -0.2) is 19.3 Å². The Labute approximate surface area is 169 Å². The van der Waals surface area contributed by atoms with Gasteiger partial charge in [-0.1, -0.05) is 24.3 Å². The quantitative estimate of drug-likeness (QED) is 0.483. The van der Waals surface area contributed by atoms with Crippen molar-refractivity contribution in [2.75, 3.05) is 4.72 Å². The van der Waals surface area contributed by atoms with Gasteiger partial charge in [0, 0.05) is 11.3 Å². The number of sulfonamides is 1.